The minimum Gasteiger partial charge on any atom is -0.461 e. The molecule has 0 aromatic carbocycles. The lowest BCUT2D eigenvalue weighted by Crippen LogP contribution is -2.55. The van der Waals surface area contributed by atoms with Gasteiger partial charge in [-0.15, -0.1) is 0 Å². The molecule has 186 valence electrons. The van der Waals surface area contributed by atoms with Crippen molar-refractivity contribution in [3.63, 3.8) is 0 Å². The fraction of sp³-hybridized carbons (Fsp3) is 0.571. The number of amides is 1. The summed E-state index contributed by atoms with van der Waals surface area (Å²) in [7, 11) is 3.04. The van der Waals surface area contributed by atoms with Gasteiger partial charge in [-0.25, -0.2) is 14.8 Å². The third-order valence-corrected chi connectivity index (χ3v) is 6.92. The van der Waals surface area contributed by atoms with Gasteiger partial charge < -0.3 is 29.5 Å². The van der Waals surface area contributed by atoms with Gasteiger partial charge in [0.2, 0.25) is 0 Å². The predicted molar refractivity (Wildman–Crippen MR) is 129 cm³/mol. The molecule has 1 aliphatic rings. The maximum absolute atomic E-state index is 12.7. The number of aromatic nitrogens is 3. The minimum atomic E-state index is -0.514. The van der Waals surface area contributed by atoms with Crippen molar-refractivity contribution >= 4 is 45.7 Å². The van der Waals surface area contributed by atoms with Crippen LogP contribution in [0.2, 0.25) is 5.15 Å². The van der Waals surface area contributed by atoms with Crippen LogP contribution in [0.5, 0.6) is 0 Å². The largest absolute Gasteiger partial charge is 0.461 e. The Morgan fingerprint density at radius 2 is 2.09 bits per heavy atom. The third-order valence-electron chi connectivity index (χ3n) is 5.39. The van der Waals surface area contributed by atoms with Crippen LogP contribution in [0.4, 0.5) is 5.13 Å². The number of aryl methyl sites for hydroxylation is 1. The van der Waals surface area contributed by atoms with Crippen molar-refractivity contribution in [2.45, 2.75) is 45.8 Å². The Hall–Kier alpha value is -2.70. The summed E-state index contributed by atoms with van der Waals surface area (Å²) < 4.78 is 10.8. The first-order valence-electron chi connectivity index (χ1n) is 10.9. The number of methoxy groups -OCH3 is 1. The lowest BCUT2D eigenvalue weighted by atomic mass is 10.0. The zero-order valence-corrected chi connectivity index (χ0v) is 21.4. The highest BCUT2D eigenvalue weighted by Gasteiger charge is 2.34. The summed E-state index contributed by atoms with van der Waals surface area (Å²) >= 11 is 7.40. The topological polar surface area (TPSA) is 131 Å². The van der Waals surface area contributed by atoms with Crippen molar-refractivity contribution in [2.75, 3.05) is 38.8 Å². The minimum absolute atomic E-state index is 0.177. The van der Waals surface area contributed by atoms with E-state index in [0.717, 1.165) is 0 Å². The van der Waals surface area contributed by atoms with E-state index < -0.39 is 5.97 Å². The van der Waals surface area contributed by atoms with E-state index in [9.17, 15) is 9.59 Å². The number of imidazole rings is 1. The van der Waals surface area contributed by atoms with E-state index >= 15 is 0 Å². The molecule has 1 amide bonds. The van der Waals surface area contributed by atoms with Crippen LogP contribution < -0.4 is 10.2 Å². The number of esters is 1. The van der Waals surface area contributed by atoms with Gasteiger partial charge in [0.25, 0.3) is 5.91 Å². The second kappa shape index (κ2) is 11.6. The summed E-state index contributed by atoms with van der Waals surface area (Å²) in [6.07, 6.45) is 0.950. The fourth-order valence-corrected chi connectivity index (χ4v) is 4.96. The Labute approximate surface area is 206 Å². The summed E-state index contributed by atoms with van der Waals surface area (Å²) in [6, 6.07) is -0.233. The van der Waals surface area contributed by atoms with E-state index in [2.05, 4.69) is 25.4 Å². The second-order valence-corrected chi connectivity index (χ2v) is 8.89. The van der Waals surface area contributed by atoms with E-state index in [1.54, 1.807) is 21.0 Å². The molecule has 1 aliphatic heterocycles. The molecule has 0 bridgehead atoms. The highest BCUT2D eigenvalue weighted by Crippen LogP contribution is 2.30. The molecule has 34 heavy (non-hydrogen) atoms. The van der Waals surface area contributed by atoms with E-state index in [4.69, 9.17) is 25.9 Å². The molecule has 1 saturated heterocycles. The van der Waals surface area contributed by atoms with Crippen molar-refractivity contribution < 1.29 is 23.9 Å². The van der Waals surface area contributed by atoms with Crippen LogP contribution in [0, 0.1) is 0 Å². The van der Waals surface area contributed by atoms with Crippen molar-refractivity contribution in [1.82, 2.24) is 20.3 Å². The van der Waals surface area contributed by atoms with Gasteiger partial charge >= 0.3 is 5.97 Å². The first-order valence-corrected chi connectivity index (χ1v) is 12.1. The lowest BCUT2D eigenvalue weighted by Gasteiger charge is -2.37. The monoisotopic (exact) mass is 512 g/mol. The molecule has 2 aromatic heterocycles. The standard InChI is InChI=1S/C21H29ClN6O5S/c1-6-12-17(22)26-18(23-12)19(29)24-13-8-9-28(10-14(13)31-4)21-25-15(20(30)33-7-2)16(34-21)11(3)27-32-5/h13-14H,6-10H2,1-5H3,(H,23,26)(H,24,29)/b27-11-/t13-,14+/m1/s1. The SMILES string of the molecule is CCOC(=O)c1nc(N2CC[C@@H](NC(=O)c3nc(Cl)c(CC)[nH]3)[C@@H](OC)C2)sc1/C(C)=N\OC. The van der Waals surface area contributed by atoms with Gasteiger partial charge in [0, 0.05) is 20.2 Å². The summed E-state index contributed by atoms with van der Waals surface area (Å²) in [5, 5.41) is 7.88. The van der Waals surface area contributed by atoms with Crippen LogP contribution in [-0.4, -0.2) is 78.6 Å². The number of oxime groups is 1. The van der Waals surface area contributed by atoms with Crippen LogP contribution in [0.3, 0.4) is 0 Å². The molecule has 2 aromatic rings. The average molecular weight is 513 g/mol. The first kappa shape index (κ1) is 25.9. The number of carbonyl (C=O) groups excluding carboxylic acids is 2. The number of ether oxygens (including phenoxy) is 2. The van der Waals surface area contributed by atoms with E-state index in [-0.39, 0.29) is 36.2 Å². The molecule has 0 aliphatic carbocycles. The Kier molecular flexibility index (Phi) is 8.86. The molecule has 3 rings (SSSR count). The summed E-state index contributed by atoms with van der Waals surface area (Å²) in [5.41, 5.74) is 1.45. The van der Waals surface area contributed by atoms with Gasteiger partial charge in [-0.05, 0) is 26.7 Å². The maximum Gasteiger partial charge on any atom is 0.358 e. The number of carbonyl (C=O) groups is 2. The number of thiazole rings is 1. The third kappa shape index (κ3) is 5.68. The number of rotatable bonds is 9. The van der Waals surface area contributed by atoms with Gasteiger partial charge in [0.1, 0.15) is 7.11 Å². The summed E-state index contributed by atoms with van der Waals surface area (Å²) in [6.45, 7) is 6.72. The number of nitrogens with one attached hydrogen (secondary N) is 2. The van der Waals surface area contributed by atoms with Gasteiger partial charge in [0.15, 0.2) is 21.8 Å². The number of aromatic amines is 1. The quantitative estimate of drug-likeness (QED) is 0.298. The second-order valence-electron chi connectivity index (χ2n) is 7.55. The Morgan fingerprint density at radius 3 is 2.71 bits per heavy atom. The van der Waals surface area contributed by atoms with Crippen LogP contribution in [0.1, 0.15) is 58.9 Å². The zero-order chi connectivity index (χ0) is 24.8. The normalized spacial score (nSPS) is 18.6. The number of hydrogen-bond donors (Lipinski definition) is 2. The van der Waals surface area contributed by atoms with E-state index in [1.807, 2.05) is 11.8 Å². The smallest absolute Gasteiger partial charge is 0.358 e. The van der Waals surface area contributed by atoms with Gasteiger partial charge in [-0.3, -0.25) is 4.79 Å². The molecular formula is C21H29ClN6O5S. The fourth-order valence-electron chi connectivity index (χ4n) is 3.67. The number of piperidine rings is 1. The molecule has 0 unspecified atom stereocenters. The zero-order valence-electron chi connectivity index (χ0n) is 19.8. The molecule has 11 nitrogen and oxygen atoms in total. The molecule has 0 spiro atoms. The average Bonchev–Trinajstić information content (AvgIpc) is 3.43. The van der Waals surface area contributed by atoms with Gasteiger partial charge in [0.05, 0.1) is 35.0 Å². The predicted octanol–water partition coefficient (Wildman–Crippen LogP) is 2.65. The van der Waals surface area contributed by atoms with E-state index in [0.29, 0.717) is 52.5 Å². The maximum atomic E-state index is 12.7. The number of H-pyrrole nitrogens is 1. The Morgan fingerprint density at radius 1 is 1.32 bits per heavy atom. The van der Waals surface area contributed by atoms with Crippen molar-refractivity contribution in [2.24, 2.45) is 5.16 Å². The first-order chi connectivity index (χ1) is 16.3. The Balaban J connectivity index is 1.76. The van der Waals surface area contributed by atoms with Crippen LogP contribution >= 0.6 is 22.9 Å². The summed E-state index contributed by atoms with van der Waals surface area (Å²) in [4.78, 5) is 44.3. The molecule has 2 atom stereocenters. The highest BCUT2D eigenvalue weighted by molar-refractivity contribution is 7.17. The molecule has 0 radical (unpaired) electrons. The molecule has 1 fully saturated rings. The van der Waals surface area contributed by atoms with Crippen molar-refractivity contribution in [3.8, 4) is 0 Å². The van der Waals surface area contributed by atoms with Crippen LogP contribution in [0.25, 0.3) is 0 Å². The lowest BCUT2D eigenvalue weighted by molar-refractivity contribution is 0.0516. The van der Waals surface area contributed by atoms with Gasteiger partial charge in [-0.2, -0.15) is 0 Å². The number of anilines is 1. The summed E-state index contributed by atoms with van der Waals surface area (Å²) in [5.74, 6) is -0.676. The van der Waals surface area contributed by atoms with Crippen LogP contribution in [0.15, 0.2) is 5.16 Å². The molecular weight excluding hydrogens is 484 g/mol. The van der Waals surface area contributed by atoms with Gasteiger partial charge in [-0.1, -0.05) is 35.0 Å². The van der Waals surface area contributed by atoms with Crippen LogP contribution in [-0.2, 0) is 20.7 Å². The molecule has 2 N–H and O–H groups in total. The molecule has 3 heterocycles. The van der Waals surface area contributed by atoms with Crippen molar-refractivity contribution in [1.29, 1.82) is 0 Å². The van der Waals surface area contributed by atoms with E-state index in [1.165, 1.54) is 18.4 Å². The number of hydrogen-bond acceptors (Lipinski definition) is 10. The number of halogens is 1. The van der Waals surface area contributed by atoms with Crippen molar-refractivity contribution in [3.05, 3.63) is 27.2 Å². The Bertz CT molecular complexity index is 1050. The number of nitrogens with zero attached hydrogens (tertiary/aromatic N) is 4. The molecule has 0 saturated carbocycles. The highest BCUT2D eigenvalue weighted by atomic mass is 35.5. The molecule has 13 heteroatoms.